The maximum atomic E-state index is 12.6. The van der Waals surface area contributed by atoms with Crippen LogP contribution < -0.4 is 0 Å². The van der Waals surface area contributed by atoms with E-state index in [9.17, 15) is 13.2 Å². The molecule has 7 heteroatoms. The Morgan fingerprint density at radius 2 is 2.23 bits per heavy atom. The van der Waals surface area contributed by atoms with Crippen molar-refractivity contribution in [1.29, 1.82) is 0 Å². The Balaban J connectivity index is 2.00. The molecule has 0 radical (unpaired) electrons. The third kappa shape index (κ3) is 3.89. The number of amides is 1. The lowest BCUT2D eigenvalue weighted by atomic mass is 10.1. The van der Waals surface area contributed by atoms with Gasteiger partial charge < -0.3 is 9.32 Å². The number of carbonyl (C=O) groups excluding carboxylic acids is 1. The van der Waals surface area contributed by atoms with Gasteiger partial charge in [-0.3, -0.25) is 9.69 Å². The molecule has 0 unspecified atom stereocenters. The standard InChI is InChI=1S/C15H24N2O4S/c1-4-17(10-14-6-5-8-21-14)12(2)15(18)16(3)13-7-9-22(19,20)11-13/h5-6,8,12-13H,4,7,9-11H2,1-3H3/t12-,13+/m1/s1. The Morgan fingerprint density at radius 1 is 1.50 bits per heavy atom. The Labute approximate surface area is 132 Å². The van der Waals surface area contributed by atoms with Crippen molar-refractivity contribution in [3.63, 3.8) is 0 Å². The lowest BCUT2D eigenvalue weighted by molar-refractivity contribution is -0.137. The maximum absolute atomic E-state index is 12.6. The van der Waals surface area contributed by atoms with Crippen LogP contribution in [0.4, 0.5) is 0 Å². The van der Waals surface area contributed by atoms with Crippen molar-refractivity contribution in [3.8, 4) is 0 Å². The average Bonchev–Trinajstić information content (AvgIpc) is 3.11. The van der Waals surface area contributed by atoms with Gasteiger partial charge in [0.1, 0.15) is 5.76 Å². The van der Waals surface area contributed by atoms with Crippen LogP contribution in [0.2, 0.25) is 0 Å². The molecular weight excluding hydrogens is 304 g/mol. The molecule has 1 saturated heterocycles. The average molecular weight is 328 g/mol. The minimum atomic E-state index is -2.99. The summed E-state index contributed by atoms with van der Waals surface area (Å²) in [7, 11) is -1.29. The minimum absolute atomic E-state index is 0.0458. The van der Waals surface area contributed by atoms with E-state index in [-0.39, 0.29) is 29.5 Å². The van der Waals surface area contributed by atoms with Gasteiger partial charge in [-0.1, -0.05) is 6.92 Å². The molecule has 2 atom stereocenters. The first kappa shape index (κ1) is 17.0. The fourth-order valence-electron chi connectivity index (χ4n) is 2.84. The van der Waals surface area contributed by atoms with Gasteiger partial charge in [-0.05, 0) is 32.0 Å². The van der Waals surface area contributed by atoms with Gasteiger partial charge in [0.2, 0.25) is 5.91 Å². The molecule has 0 spiro atoms. The summed E-state index contributed by atoms with van der Waals surface area (Å²) >= 11 is 0. The Kier molecular flexibility index (Phi) is 5.28. The summed E-state index contributed by atoms with van der Waals surface area (Å²) in [6, 6.07) is 3.18. The second-order valence-corrected chi connectivity index (χ2v) is 8.05. The molecule has 1 amide bonds. The van der Waals surface area contributed by atoms with Crippen LogP contribution in [0.15, 0.2) is 22.8 Å². The van der Waals surface area contributed by atoms with Gasteiger partial charge in [0.25, 0.3) is 0 Å². The zero-order chi connectivity index (χ0) is 16.3. The van der Waals surface area contributed by atoms with Crippen LogP contribution in [0.5, 0.6) is 0 Å². The van der Waals surface area contributed by atoms with Crippen LogP contribution in [-0.2, 0) is 21.2 Å². The fraction of sp³-hybridized carbons (Fsp3) is 0.667. The summed E-state index contributed by atoms with van der Waals surface area (Å²) in [4.78, 5) is 16.2. The van der Waals surface area contributed by atoms with Crippen molar-refractivity contribution in [2.75, 3.05) is 25.1 Å². The number of likely N-dealkylation sites (N-methyl/N-ethyl adjacent to an activating group) is 2. The first-order valence-electron chi connectivity index (χ1n) is 7.57. The Hall–Kier alpha value is -1.34. The van der Waals surface area contributed by atoms with E-state index in [0.717, 1.165) is 5.76 Å². The van der Waals surface area contributed by atoms with Crippen LogP contribution in [0.3, 0.4) is 0 Å². The monoisotopic (exact) mass is 328 g/mol. The SMILES string of the molecule is CCN(Cc1ccco1)[C@H](C)C(=O)N(C)[C@H]1CCS(=O)(=O)C1. The van der Waals surface area contributed by atoms with Crippen molar-refractivity contribution in [3.05, 3.63) is 24.2 Å². The van der Waals surface area contributed by atoms with Gasteiger partial charge in [-0.25, -0.2) is 8.42 Å². The van der Waals surface area contributed by atoms with E-state index >= 15 is 0 Å². The highest BCUT2D eigenvalue weighted by Crippen LogP contribution is 2.19. The molecule has 2 heterocycles. The zero-order valence-electron chi connectivity index (χ0n) is 13.4. The van der Waals surface area contributed by atoms with Crippen molar-refractivity contribution < 1.29 is 17.6 Å². The molecule has 0 aromatic carbocycles. The third-order valence-corrected chi connectivity index (χ3v) is 6.10. The molecule has 0 bridgehead atoms. The Morgan fingerprint density at radius 3 is 2.73 bits per heavy atom. The lowest BCUT2D eigenvalue weighted by Crippen LogP contribution is -2.49. The molecule has 1 aromatic rings. The highest BCUT2D eigenvalue weighted by molar-refractivity contribution is 7.91. The summed E-state index contributed by atoms with van der Waals surface area (Å²) in [5.41, 5.74) is 0. The predicted molar refractivity (Wildman–Crippen MR) is 84.1 cm³/mol. The number of rotatable bonds is 6. The lowest BCUT2D eigenvalue weighted by Gasteiger charge is -2.32. The second-order valence-electron chi connectivity index (χ2n) is 5.82. The number of nitrogens with zero attached hydrogens (tertiary/aromatic N) is 2. The van der Waals surface area contributed by atoms with Crippen molar-refractivity contribution in [1.82, 2.24) is 9.80 Å². The molecule has 0 N–H and O–H groups in total. The van der Waals surface area contributed by atoms with Gasteiger partial charge in [-0.2, -0.15) is 0 Å². The fourth-order valence-corrected chi connectivity index (χ4v) is 4.61. The molecule has 22 heavy (non-hydrogen) atoms. The summed E-state index contributed by atoms with van der Waals surface area (Å²) < 4.78 is 28.5. The zero-order valence-corrected chi connectivity index (χ0v) is 14.2. The summed E-state index contributed by atoms with van der Waals surface area (Å²) in [6.45, 7) is 5.12. The van der Waals surface area contributed by atoms with E-state index in [0.29, 0.717) is 19.5 Å². The number of hydrogen-bond donors (Lipinski definition) is 0. The van der Waals surface area contributed by atoms with Gasteiger partial charge in [0.15, 0.2) is 9.84 Å². The summed E-state index contributed by atoms with van der Waals surface area (Å²) in [5, 5.41) is 0. The molecule has 124 valence electrons. The van der Waals surface area contributed by atoms with Crippen molar-refractivity contribution in [2.24, 2.45) is 0 Å². The van der Waals surface area contributed by atoms with E-state index in [1.807, 2.05) is 30.9 Å². The molecule has 2 rings (SSSR count). The first-order valence-corrected chi connectivity index (χ1v) is 9.39. The van der Waals surface area contributed by atoms with Crippen LogP contribution in [-0.4, -0.2) is 61.3 Å². The van der Waals surface area contributed by atoms with Gasteiger partial charge in [0.05, 0.1) is 30.4 Å². The van der Waals surface area contributed by atoms with Crippen LogP contribution in [0, 0.1) is 0 Å². The number of carbonyl (C=O) groups is 1. The number of furan rings is 1. The highest BCUT2D eigenvalue weighted by atomic mass is 32.2. The minimum Gasteiger partial charge on any atom is -0.468 e. The molecule has 1 fully saturated rings. The normalized spacial score (nSPS) is 21.9. The number of hydrogen-bond acceptors (Lipinski definition) is 5. The molecule has 0 aliphatic carbocycles. The summed E-state index contributed by atoms with van der Waals surface area (Å²) in [5.74, 6) is 1.02. The van der Waals surface area contributed by atoms with Crippen LogP contribution >= 0.6 is 0 Å². The van der Waals surface area contributed by atoms with Crippen LogP contribution in [0.25, 0.3) is 0 Å². The topological polar surface area (TPSA) is 70.8 Å². The highest BCUT2D eigenvalue weighted by Gasteiger charge is 2.35. The van der Waals surface area contributed by atoms with Crippen LogP contribution in [0.1, 0.15) is 26.0 Å². The third-order valence-electron chi connectivity index (χ3n) is 4.35. The molecule has 0 saturated carbocycles. The number of sulfone groups is 1. The van der Waals surface area contributed by atoms with Gasteiger partial charge >= 0.3 is 0 Å². The Bertz CT molecular complexity index is 597. The largest absolute Gasteiger partial charge is 0.468 e. The second kappa shape index (κ2) is 6.83. The molecule has 1 aliphatic heterocycles. The van der Waals surface area contributed by atoms with Crippen molar-refractivity contribution in [2.45, 2.75) is 38.9 Å². The quantitative estimate of drug-likeness (QED) is 0.783. The van der Waals surface area contributed by atoms with E-state index in [2.05, 4.69) is 0 Å². The van der Waals surface area contributed by atoms with E-state index in [1.54, 1.807) is 18.2 Å². The first-order chi connectivity index (χ1) is 10.3. The van der Waals surface area contributed by atoms with Gasteiger partial charge in [-0.15, -0.1) is 0 Å². The molecular formula is C15H24N2O4S. The molecule has 6 nitrogen and oxygen atoms in total. The summed E-state index contributed by atoms with van der Waals surface area (Å²) in [6.07, 6.45) is 2.15. The maximum Gasteiger partial charge on any atom is 0.239 e. The smallest absolute Gasteiger partial charge is 0.239 e. The van der Waals surface area contributed by atoms with E-state index in [1.165, 1.54) is 0 Å². The van der Waals surface area contributed by atoms with Crippen molar-refractivity contribution >= 4 is 15.7 Å². The van der Waals surface area contributed by atoms with Gasteiger partial charge in [0, 0.05) is 13.1 Å². The molecule has 1 aromatic heterocycles. The predicted octanol–water partition coefficient (Wildman–Crippen LogP) is 1.14. The van der Waals surface area contributed by atoms with E-state index < -0.39 is 9.84 Å². The molecule has 1 aliphatic rings. The van der Waals surface area contributed by atoms with E-state index in [4.69, 9.17) is 4.42 Å².